The molecule has 5 rings (SSSR count). The standard InChI is InChI=1S/C25H22Cl2O2/c1-3-28-18-14-12-17(13-15-18)24-23(25(24,26)27)22(19-9-5-4-8-16(19)2)20-10-6-7-11-21(20)29-24/h4-15,22-23H,3H2,1-2H3/t22-,23+,24-/m0/s1. The van der Waals surface area contributed by atoms with Crippen LogP contribution in [0.1, 0.15) is 35.1 Å². The third-order valence-electron chi connectivity index (χ3n) is 6.22. The molecule has 2 aliphatic rings. The Morgan fingerprint density at radius 1 is 0.897 bits per heavy atom. The predicted octanol–water partition coefficient (Wildman–Crippen LogP) is 6.62. The summed E-state index contributed by atoms with van der Waals surface area (Å²) >= 11 is 14.0. The molecule has 0 radical (unpaired) electrons. The maximum Gasteiger partial charge on any atom is 0.174 e. The lowest BCUT2D eigenvalue weighted by atomic mass is 9.80. The fourth-order valence-electron chi connectivity index (χ4n) is 4.84. The zero-order valence-corrected chi connectivity index (χ0v) is 17.9. The summed E-state index contributed by atoms with van der Waals surface area (Å²) in [5.41, 5.74) is 3.79. The van der Waals surface area contributed by atoms with Crippen molar-refractivity contribution in [2.24, 2.45) is 5.92 Å². The number of hydrogen-bond donors (Lipinski definition) is 0. The number of ether oxygens (including phenoxy) is 2. The molecule has 0 amide bonds. The number of benzene rings is 3. The Balaban J connectivity index is 1.68. The van der Waals surface area contributed by atoms with Crippen molar-refractivity contribution in [2.75, 3.05) is 6.61 Å². The molecule has 1 fully saturated rings. The summed E-state index contributed by atoms with van der Waals surface area (Å²) in [4.78, 5) is 0. The van der Waals surface area contributed by atoms with Crippen LogP contribution >= 0.6 is 23.2 Å². The molecule has 0 saturated heterocycles. The topological polar surface area (TPSA) is 18.5 Å². The first-order chi connectivity index (χ1) is 14.0. The first-order valence-corrected chi connectivity index (χ1v) is 10.7. The monoisotopic (exact) mass is 424 g/mol. The van der Waals surface area contributed by atoms with Crippen molar-refractivity contribution in [3.63, 3.8) is 0 Å². The Labute approximate surface area is 181 Å². The van der Waals surface area contributed by atoms with Crippen LogP contribution in [0.3, 0.4) is 0 Å². The van der Waals surface area contributed by atoms with Crippen LogP contribution in [0.5, 0.6) is 11.5 Å². The van der Waals surface area contributed by atoms with E-state index < -0.39 is 9.93 Å². The van der Waals surface area contributed by atoms with Gasteiger partial charge < -0.3 is 9.47 Å². The van der Waals surface area contributed by atoms with Gasteiger partial charge in [-0.25, -0.2) is 0 Å². The average molecular weight is 425 g/mol. The van der Waals surface area contributed by atoms with Crippen LogP contribution in [-0.2, 0) is 5.60 Å². The third kappa shape index (κ3) is 2.62. The molecule has 3 aromatic carbocycles. The SMILES string of the molecule is CCOc1ccc([C@]23Oc4ccccc4[C@H](c4ccccc4C)[C@H]2C3(Cl)Cl)cc1. The molecule has 0 bridgehead atoms. The fraction of sp³-hybridized carbons (Fsp3) is 0.280. The first kappa shape index (κ1) is 18.8. The molecule has 1 heterocycles. The van der Waals surface area contributed by atoms with E-state index in [1.807, 2.05) is 49.4 Å². The molecule has 3 aromatic rings. The number of hydrogen-bond acceptors (Lipinski definition) is 2. The van der Waals surface area contributed by atoms with E-state index in [-0.39, 0.29) is 11.8 Å². The third-order valence-corrected chi connectivity index (χ3v) is 7.25. The molecular weight excluding hydrogens is 403 g/mol. The highest BCUT2D eigenvalue weighted by atomic mass is 35.5. The Kier molecular flexibility index (Phi) is 4.34. The van der Waals surface area contributed by atoms with E-state index in [1.165, 1.54) is 11.1 Å². The van der Waals surface area contributed by atoms with Gasteiger partial charge in [0.15, 0.2) is 9.93 Å². The van der Waals surface area contributed by atoms with Gasteiger partial charge in [-0.05, 0) is 48.7 Å². The Bertz CT molecular complexity index is 1060. The van der Waals surface area contributed by atoms with Crippen LogP contribution < -0.4 is 9.47 Å². The molecule has 148 valence electrons. The molecule has 3 atom stereocenters. The van der Waals surface area contributed by atoms with E-state index in [0.717, 1.165) is 22.6 Å². The van der Waals surface area contributed by atoms with Crippen molar-refractivity contribution in [2.45, 2.75) is 29.7 Å². The lowest BCUT2D eigenvalue weighted by Crippen LogP contribution is -2.29. The number of halogens is 2. The molecule has 29 heavy (non-hydrogen) atoms. The molecular formula is C25H22Cl2O2. The summed E-state index contributed by atoms with van der Waals surface area (Å²) in [6.45, 7) is 4.74. The summed E-state index contributed by atoms with van der Waals surface area (Å²) in [6, 6.07) is 24.6. The van der Waals surface area contributed by atoms with Gasteiger partial charge in [0, 0.05) is 11.5 Å². The highest BCUT2D eigenvalue weighted by Gasteiger charge is 2.83. The predicted molar refractivity (Wildman–Crippen MR) is 117 cm³/mol. The minimum absolute atomic E-state index is 0.0581. The van der Waals surface area contributed by atoms with Crippen LogP contribution in [0.2, 0.25) is 0 Å². The van der Waals surface area contributed by atoms with E-state index in [2.05, 4.69) is 37.3 Å². The van der Waals surface area contributed by atoms with Gasteiger partial charge in [0.25, 0.3) is 0 Å². The molecule has 4 heteroatoms. The second kappa shape index (κ2) is 6.68. The quantitative estimate of drug-likeness (QED) is 0.438. The molecule has 0 unspecified atom stereocenters. The van der Waals surface area contributed by atoms with Gasteiger partial charge >= 0.3 is 0 Å². The van der Waals surface area contributed by atoms with E-state index >= 15 is 0 Å². The number of aryl methyl sites for hydroxylation is 1. The summed E-state index contributed by atoms with van der Waals surface area (Å²) < 4.78 is 11.1. The largest absolute Gasteiger partial charge is 0.494 e. The van der Waals surface area contributed by atoms with Gasteiger partial charge in [-0.2, -0.15) is 0 Å². The van der Waals surface area contributed by atoms with Crippen molar-refractivity contribution in [1.82, 2.24) is 0 Å². The van der Waals surface area contributed by atoms with Crippen molar-refractivity contribution < 1.29 is 9.47 Å². The van der Waals surface area contributed by atoms with Gasteiger partial charge in [0.05, 0.1) is 12.5 Å². The van der Waals surface area contributed by atoms with Gasteiger partial charge in [-0.1, -0.05) is 77.8 Å². The number of alkyl halides is 2. The number of rotatable bonds is 4. The van der Waals surface area contributed by atoms with Gasteiger partial charge in [-0.3, -0.25) is 0 Å². The summed E-state index contributed by atoms with van der Waals surface area (Å²) in [5.74, 6) is 1.63. The van der Waals surface area contributed by atoms with E-state index in [1.54, 1.807) is 0 Å². The minimum atomic E-state index is -1.04. The number of para-hydroxylation sites is 1. The highest BCUT2D eigenvalue weighted by molar-refractivity contribution is 6.52. The summed E-state index contributed by atoms with van der Waals surface area (Å²) in [6.07, 6.45) is 0. The van der Waals surface area contributed by atoms with Crippen LogP contribution in [0.4, 0.5) is 0 Å². The molecule has 0 aromatic heterocycles. The fourth-order valence-corrected chi connectivity index (χ4v) is 5.82. The van der Waals surface area contributed by atoms with E-state index in [9.17, 15) is 0 Å². The second-order valence-corrected chi connectivity index (χ2v) is 9.15. The molecule has 0 spiro atoms. The zero-order valence-electron chi connectivity index (χ0n) is 16.4. The normalized spacial score (nSPS) is 26.1. The average Bonchev–Trinajstić information content (AvgIpc) is 3.23. The first-order valence-electron chi connectivity index (χ1n) is 9.95. The molecule has 0 N–H and O–H groups in total. The van der Waals surface area contributed by atoms with Crippen molar-refractivity contribution in [3.8, 4) is 11.5 Å². The van der Waals surface area contributed by atoms with Crippen molar-refractivity contribution in [1.29, 1.82) is 0 Å². The zero-order chi connectivity index (χ0) is 20.2. The minimum Gasteiger partial charge on any atom is -0.494 e. The second-order valence-electron chi connectivity index (χ2n) is 7.77. The van der Waals surface area contributed by atoms with E-state index in [4.69, 9.17) is 32.7 Å². The number of fused-ring (bicyclic) bond motifs is 2. The van der Waals surface area contributed by atoms with Gasteiger partial charge in [-0.15, -0.1) is 0 Å². The molecule has 2 nitrogen and oxygen atoms in total. The summed E-state index contributed by atoms with van der Waals surface area (Å²) in [5, 5.41) is 0. The van der Waals surface area contributed by atoms with Crippen LogP contribution in [0.25, 0.3) is 0 Å². The van der Waals surface area contributed by atoms with E-state index in [0.29, 0.717) is 6.61 Å². The molecule has 1 aliphatic heterocycles. The maximum absolute atomic E-state index is 7.00. The molecule has 1 aliphatic carbocycles. The lowest BCUT2D eigenvalue weighted by molar-refractivity contribution is 0.137. The van der Waals surface area contributed by atoms with Crippen molar-refractivity contribution in [3.05, 3.63) is 95.1 Å². The Morgan fingerprint density at radius 2 is 1.55 bits per heavy atom. The molecule has 1 saturated carbocycles. The van der Waals surface area contributed by atoms with Crippen LogP contribution in [0, 0.1) is 12.8 Å². The van der Waals surface area contributed by atoms with Crippen LogP contribution in [-0.4, -0.2) is 10.9 Å². The van der Waals surface area contributed by atoms with Crippen molar-refractivity contribution >= 4 is 23.2 Å². The Morgan fingerprint density at radius 3 is 2.24 bits per heavy atom. The summed E-state index contributed by atoms with van der Waals surface area (Å²) in [7, 11) is 0. The van der Waals surface area contributed by atoms with Gasteiger partial charge in [0.2, 0.25) is 0 Å². The Hall–Kier alpha value is -2.16. The maximum atomic E-state index is 7.00. The van der Waals surface area contributed by atoms with Gasteiger partial charge in [0.1, 0.15) is 11.5 Å². The smallest absolute Gasteiger partial charge is 0.174 e. The highest BCUT2D eigenvalue weighted by Crippen LogP contribution is 2.77. The van der Waals surface area contributed by atoms with Crippen LogP contribution in [0.15, 0.2) is 72.8 Å². The lowest BCUT2D eigenvalue weighted by Gasteiger charge is -2.32.